The van der Waals surface area contributed by atoms with Gasteiger partial charge in [-0.25, -0.2) is 0 Å². The van der Waals surface area contributed by atoms with Crippen molar-refractivity contribution in [2.45, 2.75) is 0 Å². The van der Waals surface area contributed by atoms with Gasteiger partial charge in [0.2, 0.25) is 0 Å². The van der Waals surface area contributed by atoms with Gasteiger partial charge in [0.25, 0.3) is 0 Å². The van der Waals surface area contributed by atoms with Crippen LogP contribution in [0.25, 0.3) is 77.3 Å². The fourth-order valence-electron chi connectivity index (χ4n) is 7.42. The maximum absolute atomic E-state index is 6.68. The first-order valence-electron chi connectivity index (χ1n) is 17.3. The number of para-hydroxylation sites is 2. The molecule has 51 heavy (non-hydrogen) atoms. The van der Waals surface area contributed by atoms with E-state index in [-0.39, 0.29) is 0 Å². The van der Waals surface area contributed by atoms with Gasteiger partial charge in [0.1, 0.15) is 22.3 Å². The van der Waals surface area contributed by atoms with Gasteiger partial charge >= 0.3 is 0 Å². The molecule has 0 radical (unpaired) electrons. The highest BCUT2D eigenvalue weighted by Gasteiger charge is 2.23. The Balaban J connectivity index is 1.15. The zero-order valence-corrected chi connectivity index (χ0v) is 27.7. The minimum Gasteiger partial charge on any atom is -0.456 e. The van der Waals surface area contributed by atoms with Crippen molar-refractivity contribution in [3.05, 3.63) is 188 Å². The van der Waals surface area contributed by atoms with Crippen molar-refractivity contribution >= 4 is 60.9 Å². The van der Waals surface area contributed by atoms with Crippen molar-refractivity contribution in [2.24, 2.45) is 0 Å². The molecule has 2 heterocycles. The summed E-state index contributed by atoms with van der Waals surface area (Å²) in [6.07, 6.45) is 0. The fourth-order valence-corrected chi connectivity index (χ4v) is 7.42. The van der Waals surface area contributed by atoms with Crippen LogP contribution in [0.5, 0.6) is 0 Å². The van der Waals surface area contributed by atoms with Crippen LogP contribution in [0, 0.1) is 0 Å². The molecular formula is C48H31NO2. The Morgan fingerprint density at radius 2 is 0.804 bits per heavy atom. The number of benzene rings is 8. The standard InChI is InChI=1S/C48H31NO2/c1-3-11-32(12-4-1)33-19-24-37(25-20-33)49(38-26-21-34(22-27-38)36-23-30-46-42(31-36)40-16-8-9-17-44(40)50-46)43-29-28-41-39-15-7-10-18-45(39)51-48(41)47(43)35-13-5-2-6-14-35/h1-31H. The summed E-state index contributed by atoms with van der Waals surface area (Å²) in [5.74, 6) is 0. The lowest BCUT2D eigenvalue weighted by molar-refractivity contribution is 0.669. The average Bonchev–Trinajstić information content (AvgIpc) is 3.77. The summed E-state index contributed by atoms with van der Waals surface area (Å²) in [5, 5.41) is 4.47. The predicted molar refractivity (Wildman–Crippen MR) is 212 cm³/mol. The highest BCUT2D eigenvalue weighted by Crippen LogP contribution is 2.47. The van der Waals surface area contributed by atoms with Crippen LogP contribution in [-0.2, 0) is 0 Å². The predicted octanol–water partition coefficient (Wildman–Crippen LogP) is 14.0. The van der Waals surface area contributed by atoms with Crippen molar-refractivity contribution in [1.82, 2.24) is 0 Å². The third-order valence-electron chi connectivity index (χ3n) is 9.90. The van der Waals surface area contributed by atoms with Gasteiger partial charge in [-0.3, -0.25) is 0 Å². The Labute approximate surface area is 295 Å². The van der Waals surface area contributed by atoms with Crippen molar-refractivity contribution in [1.29, 1.82) is 0 Å². The second-order valence-electron chi connectivity index (χ2n) is 12.9. The molecule has 0 N–H and O–H groups in total. The van der Waals surface area contributed by atoms with Crippen LogP contribution in [-0.4, -0.2) is 0 Å². The third kappa shape index (κ3) is 4.98. The van der Waals surface area contributed by atoms with E-state index < -0.39 is 0 Å². The molecule has 0 aliphatic carbocycles. The van der Waals surface area contributed by atoms with E-state index >= 15 is 0 Å². The number of hydrogen-bond donors (Lipinski definition) is 0. The van der Waals surface area contributed by atoms with E-state index in [1.54, 1.807) is 0 Å². The summed E-state index contributed by atoms with van der Waals surface area (Å²) in [6.45, 7) is 0. The third-order valence-corrected chi connectivity index (χ3v) is 9.90. The van der Waals surface area contributed by atoms with Crippen molar-refractivity contribution in [2.75, 3.05) is 4.90 Å². The van der Waals surface area contributed by atoms with Gasteiger partial charge in [0, 0.05) is 38.5 Å². The molecule has 0 amide bonds. The number of anilines is 3. The maximum Gasteiger partial charge on any atom is 0.145 e. The van der Waals surface area contributed by atoms with Gasteiger partial charge in [-0.1, -0.05) is 127 Å². The highest BCUT2D eigenvalue weighted by molar-refractivity contribution is 6.13. The second kappa shape index (κ2) is 11.9. The molecule has 10 aromatic rings. The lowest BCUT2D eigenvalue weighted by Gasteiger charge is -2.28. The summed E-state index contributed by atoms with van der Waals surface area (Å²) >= 11 is 0. The normalized spacial score (nSPS) is 11.5. The minimum atomic E-state index is 0.878. The van der Waals surface area contributed by atoms with Gasteiger partial charge in [-0.15, -0.1) is 0 Å². The molecule has 0 saturated heterocycles. The van der Waals surface area contributed by atoms with Crippen LogP contribution in [0.4, 0.5) is 17.1 Å². The van der Waals surface area contributed by atoms with E-state index in [1.807, 2.05) is 24.3 Å². The molecule has 0 saturated carbocycles. The molecule has 0 unspecified atom stereocenters. The molecule has 3 nitrogen and oxygen atoms in total. The first-order chi connectivity index (χ1) is 25.3. The van der Waals surface area contributed by atoms with Crippen molar-refractivity contribution in [3.63, 3.8) is 0 Å². The Morgan fingerprint density at radius 1 is 0.314 bits per heavy atom. The van der Waals surface area contributed by atoms with Gasteiger partial charge < -0.3 is 13.7 Å². The summed E-state index contributed by atoms with van der Waals surface area (Å²) in [5.41, 5.74) is 13.5. The van der Waals surface area contributed by atoms with Crippen LogP contribution in [0.1, 0.15) is 0 Å². The van der Waals surface area contributed by atoms with Crippen molar-refractivity contribution < 1.29 is 8.83 Å². The Hall–Kier alpha value is -6.84. The molecule has 240 valence electrons. The molecule has 10 rings (SSSR count). The summed E-state index contributed by atoms with van der Waals surface area (Å²) in [6, 6.07) is 66.2. The monoisotopic (exact) mass is 653 g/mol. The molecule has 0 aliphatic rings. The molecule has 0 bridgehead atoms. The van der Waals surface area contributed by atoms with E-state index in [9.17, 15) is 0 Å². The number of furan rings is 2. The first-order valence-corrected chi connectivity index (χ1v) is 17.3. The largest absolute Gasteiger partial charge is 0.456 e. The molecule has 0 spiro atoms. The fraction of sp³-hybridized carbons (Fsp3) is 0. The Morgan fingerprint density at radius 3 is 1.47 bits per heavy atom. The topological polar surface area (TPSA) is 29.5 Å². The van der Waals surface area contributed by atoms with Gasteiger partial charge in [-0.05, 0) is 88.5 Å². The van der Waals surface area contributed by atoms with E-state index in [4.69, 9.17) is 8.83 Å². The van der Waals surface area contributed by atoms with Gasteiger partial charge in [0.05, 0.1) is 5.69 Å². The van der Waals surface area contributed by atoms with Gasteiger partial charge in [-0.2, -0.15) is 0 Å². The molecule has 2 aromatic heterocycles. The Bertz CT molecular complexity index is 2830. The Kier molecular flexibility index (Phi) is 6.81. The average molecular weight is 654 g/mol. The van der Waals surface area contributed by atoms with Crippen LogP contribution in [0.3, 0.4) is 0 Å². The first kappa shape index (κ1) is 29.1. The summed E-state index contributed by atoms with van der Waals surface area (Å²) in [4.78, 5) is 2.35. The lowest BCUT2D eigenvalue weighted by Crippen LogP contribution is -2.11. The molecule has 8 aromatic carbocycles. The van der Waals surface area contributed by atoms with E-state index in [0.717, 1.165) is 83.2 Å². The SMILES string of the molecule is c1ccc(-c2ccc(N(c3ccc(-c4ccc5oc6ccccc6c5c4)cc3)c3ccc4c(oc5ccccc54)c3-c3ccccc3)cc2)cc1. The lowest BCUT2D eigenvalue weighted by atomic mass is 9.97. The number of hydrogen-bond acceptors (Lipinski definition) is 3. The molecule has 3 heteroatoms. The summed E-state index contributed by atoms with van der Waals surface area (Å²) < 4.78 is 12.8. The van der Waals surface area contributed by atoms with E-state index in [2.05, 4.69) is 169 Å². The quantitative estimate of drug-likeness (QED) is 0.179. The van der Waals surface area contributed by atoms with Gasteiger partial charge in [0.15, 0.2) is 0 Å². The smallest absolute Gasteiger partial charge is 0.145 e. The number of fused-ring (bicyclic) bond motifs is 6. The minimum absolute atomic E-state index is 0.878. The number of rotatable bonds is 6. The molecular weight excluding hydrogens is 623 g/mol. The molecule has 0 fully saturated rings. The van der Waals surface area contributed by atoms with Crippen LogP contribution >= 0.6 is 0 Å². The van der Waals surface area contributed by atoms with E-state index in [1.165, 1.54) is 11.1 Å². The highest BCUT2D eigenvalue weighted by atomic mass is 16.3. The zero-order valence-electron chi connectivity index (χ0n) is 27.7. The van der Waals surface area contributed by atoms with Crippen LogP contribution < -0.4 is 4.90 Å². The molecule has 0 atom stereocenters. The maximum atomic E-state index is 6.68. The zero-order chi connectivity index (χ0) is 33.7. The van der Waals surface area contributed by atoms with Crippen molar-refractivity contribution in [3.8, 4) is 33.4 Å². The molecule has 0 aliphatic heterocycles. The van der Waals surface area contributed by atoms with E-state index in [0.29, 0.717) is 0 Å². The second-order valence-corrected chi connectivity index (χ2v) is 12.9. The number of nitrogens with zero attached hydrogens (tertiary/aromatic N) is 1. The van der Waals surface area contributed by atoms with Crippen LogP contribution in [0.2, 0.25) is 0 Å². The summed E-state index contributed by atoms with van der Waals surface area (Å²) in [7, 11) is 0. The van der Waals surface area contributed by atoms with Crippen LogP contribution in [0.15, 0.2) is 197 Å².